The van der Waals surface area contributed by atoms with E-state index in [0.717, 1.165) is 5.46 Å². The number of nitrogens with zero attached hydrogens (tertiary/aromatic N) is 1. The molecule has 0 spiro atoms. The van der Waals surface area contributed by atoms with Crippen molar-refractivity contribution >= 4 is 12.6 Å². The molecule has 2 aromatic carbocycles. The second-order valence-electron chi connectivity index (χ2n) is 6.56. The molecule has 0 radical (unpaired) electrons. The van der Waals surface area contributed by atoms with Crippen LogP contribution in [0, 0.1) is 0 Å². The van der Waals surface area contributed by atoms with Crippen molar-refractivity contribution in [3.05, 3.63) is 66.2 Å². The summed E-state index contributed by atoms with van der Waals surface area (Å²) in [6, 6.07) is 20.8. The minimum absolute atomic E-state index is 0.00810. The molecule has 23 heavy (non-hydrogen) atoms. The lowest BCUT2D eigenvalue weighted by Gasteiger charge is -2.51. The summed E-state index contributed by atoms with van der Waals surface area (Å²) in [4.78, 5) is 0. The topological polar surface area (TPSA) is 21.7 Å². The highest BCUT2D eigenvalue weighted by Gasteiger charge is 2.49. The minimum Gasteiger partial charge on any atom is -0.402 e. The SMILES string of the molecule is CC(C)N1OB(c2ccccc2)OC(C)C1(C)c1ccccc1. The summed E-state index contributed by atoms with van der Waals surface area (Å²) < 4.78 is 12.5. The van der Waals surface area contributed by atoms with E-state index in [1.807, 2.05) is 36.4 Å². The van der Waals surface area contributed by atoms with Gasteiger partial charge in [0.05, 0.1) is 11.6 Å². The maximum Gasteiger partial charge on any atom is 0.511 e. The third-order valence-corrected chi connectivity index (χ3v) is 4.69. The Morgan fingerprint density at radius 1 is 1.00 bits per heavy atom. The number of benzene rings is 2. The molecule has 0 amide bonds. The zero-order valence-corrected chi connectivity index (χ0v) is 14.3. The first-order valence-corrected chi connectivity index (χ1v) is 8.25. The molecular formula is C19H24BNO2. The average molecular weight is 309 g/mol. The molecule has 3 nitrogen and oxygen atoms in total. The van der Waals surface area contributed by atoms with Crippen LogP contribution in [0.1, 0.15) is 33.3 Å². The van der Waals surface area contributed by atoms with E-state index in [0.29, 0.717) is 0 Å². The Balaban J connectivity index is 1.97. The van der Waals surface area contributed by atoms with Crippen LogP contribution in [0.15, 0.2) is 60.7 Å². The Kier molecular flexibility index (Phi) is 4.58. The second-order valence-corrected chi connectivity index (χ2v) is 6.56. The predicted octanol–water partition coefficient (Wildman–Crippen LogP) is 3.36. The van der Waals surface area contributed by atoms with Gasteiger partial charge in [0.15, 0.2) is 0 Å². The smallest absolute Gasteiger partial charge is 0.402 e. The summed E-state index contributed by atoms with van der Waals surface area (Å²) in [5.74, 6) is 0. The van der Waals surface area contributed by atoms with E-state index in [-0.39, 0.29) is 24.8 Å². The van der Waals surface area contributed by atoms with E-state index in [4.69, 9.17) is 9.41 Å². The highest BCUT2D eigenvalue weighted by Crippen LogP contribution is 2.38. The fraction of sp³-hybridized carbons (Fsp3) is 0.368. The molecule has 120 valence electrons. The summed E-state index contributed by atoms with van der Waals surface area (Å²) >= 11 is 0. The lowest BCUT2D eigenvalue weighted by molar-refractivity contribution is -0.241. The molecule has 1 aliphatic heterocycles. The van der Waals surface area contributed by atoms with Crippen molar-refractivity contribution in [3.63, 3.8) is 0 Å². The van der Waals surface area contributed by atoms with Crippen molar-refractivity contribution in [2.24, 2.45) is 0 Å². The molecule has 0 saturated carbocycles. The van der Waals surface area contributed by atoms with Gasteiger partial charge in [0.25, 0.3) is 0 Å². The van der Waals surface area contributed by atoms with E-state index >= 15 is 0 Å². The second kappa shape index (κ2) is 6.48. The predicted molar refractivity (Wildman–Crippen MR) is 94.2 cm³/mol. The molecule has 1 fully saturated rings. The van der Waals surface area contributed by atoms with E-state index in [1.165, 1.54) is 5.56 Å². The van der Waals surface area contributed by atoms with Crippen LogP contribution in [-0.4, -0.2) is 24.3 Å². The van der Waals surface area contributed by atoms with Gasteiger partial charge in [0, 0.05) is 6.04 Å². The van der Waals surface area contributed by atoms with Crippen LogP contribution in [0.3, 0.4) is 0 Å². The molecular weight excluding hydrogens is 285 g/mol. The molecule has 0 N–H and O–H groups in total. The molecule has 4 heteroatoms. The molecule has 0 aromatic heterocycles. The lowest BCUT2D eigenvalue weighted by atomic mass is 9.75. The molecule has 2 aromatic rings. The number of hydrogen-bond acceptors (Lipinski definition) is 3. The van der Waals surface area contributed by atoms with Crippen LogP contribution < -0.4 is 5.46 Å². The molecule has 1 aliphatic rings. The van der Waals surface area contributed by atoms with Crippen molar-refractivity contribution in [2.45, 2.75) is 45.4 Å². The summed E-state index contributed by atoms with van der Waals surface area (Å²) in [5, 5.41) is 2.09. The Morgan fingerprint density at radius 2 is 1.57 bits per heavy atom. The number of rotatable bonds is 3. The van der Waals surface area contributed by atoms with Crippen molar-refractivity contribution in [3.8, 4) is 0 Å². The quantitative estimate of drug-likeness (QED) is 0.812. The van der Waals surface area contributed by atoms with Gasteiger partial charge in [-0.2, -0.15) is 5.06 Å². The molecule has 2 unspecified atom stereocenters. The van der Waals surface area contributed by atoms with Crippen LogP contribution in [0.4, 0.5) is 0 Å². The first-order valence-electron chi connectivity index (χ1n) is 8.25. The minimum atomic E-state index is -0.370. The van der Waals surface area contributed by atoms with Crippen molar-refractivity contribution in [1.82, 2.24) is 5.06 Å². The zero-order valence-electron chi connectivity index (χ0n) is 14.3. The third kappa shape index (κ3) is 2.94. The maximum atomic E-state index is 6.29. The highest BCUT2D eigenvalue weighted by atomic mass is 16.7. The van der Waals surface area contributed by atoms with Gasteiger partial charge in [0.2, 0.25) is 0 Å². The standard InChI is InChI=1S/C19H24BNO2/c1-15(2)21-19(4,17-11-7-5-8-12-17)16(3)22-20(23-21)18-13-9-6-10-14-18/h5-16H,1-4H3. The maximum absolute atomic E-state index is 6.29. The van der Waals surface area contributed by atoms with Crippen LogP contribution in [-0.2, 0) is 14.9 Å². The van der Waals surface area contributed by atoms with E-state index in [9.17, 15) is 0 Å². The molecule has 1 heterocycles. The Morgan fingerprint density at radius 3 is 2.13 bits per heavy atom. The zero-order chi connectivity index (χ0) is 16.4. The third-order valence-electron chi connectivity index (χ3n) is 4.69. The Labute approximate surface area is 139 Å². The summed E-state index contributed by atoms with van der Waals surface area (Å²) in [6.07, 6.45) is -0.00810. The lowest BCUT2D eigenvalue weighted by Crippen LogP contribution is -2.64. The van der Waals surface area contributed by atoms with Crippen molar-refractivity contribution in [1.29, 1.82) is 0 Å². The van der Waals surface area contributed by atoms with Gasteiger partial charge in [0.1, 0.15) is 0 Å². The van der Waals surface area contributed by atoms with Crippen LogP contribution in [0.5, 0.6) is 0 Å². The average Bonchev–Trinajstić information content (AvgIpc) is 2.58. The summed E-state index contributed by atoms with van der Waals surface area (Å²) in [6.45, 7) is 8.62. The van der Waals surface area contributed by atoms with Crippen LogP contribution in [0.2, 0.25) is 0 Å². The molecule has 0 bridgehead atoms. The first kappa shape index (κ1) is 16.3. The van der Waals surface area contributed by atoms with E-state index in [1.54, 1.807) is 0 Å². The Bertz CT molecular complexity index is 634. The van der Waals surface area contributed by atoms with E-state index < -0.39 is 0 Å². The van der Waals surface area contributed by atoms with Crippen LogP contribution >= 0.6 is 0 Å². The summed E-state index contributed by atoms with van der Waals surface area (Å²) in [5.41, 5.74) is 1.91. The monoisotopic (exact) mass is 309 g/mol. The molecule has 0 aliphatic carbocycles. The fourth-order valence-corrected chi connectivity index (χ4v) is 3.28. The van der Waals surface area contributed by atoms with Crippen LogP contribution in [0.25, 0.3) is 0 Å². The van der Waals surface area contributed by atoms with Gasteiger partial charge < -0.3 is 9.41 Å². The van der Waals surface area contributed by atoms with Gasteiger partial charge in [-0.15, -0.1) is 0 Å². The van der Waals surface area contributed by atoms with Gasteiger partial charge in [-0.1, -0.05) is 60.7 Å². The van der Waals surface area contributed by atoms with Crippen molar-refractivity contribution in [2.75, 3.05) is 0 Å². The highest BCUT2D eigenvalue weighted by molar-refractivity contribution is 6.61. The fourth-order valence-electron chi connectivity index (χ4n) is 3.28. The van der Waals surface area contributed by atoms with Crippen molar-refractivity contribution < 1.29 is 9.41 Å². The molecule has 3 rings (SSSR count). The van der Waals surface area contributed by atoms with Gasteiger partial charge in [-0.05, 0) is 38.7 Å². The number of hydroxylamine groups is 2. The number of hydrogen-bond donors (Lipinski definition) is 0. The largest absolute Gasteiger partial charge is 0.511 e. The van der Waals surface area contributed by atoms with Gasteiger partial charge in [-0.3, -0.25) is 0 Å². The Hall–Kier alpha value is -1.62. The molecule has 2 atom stereocenters. The summed E-state index contributed by atoms with van der Waals surface area (Å²) in [7, 11) is -0.370. The van der Waals surface area contributed by atoms with E-state index in [2.05, 4.69) is 57.0 Å². The van der Waals surface area contributed by atoms with Gasteiger partial charge in [-0.25, -0.2) is 0 Å². The first-order chi connectivity index (χ1) is 11.0. The van der Waals surface area contributed by atoms with Gasteiger partial charge >= 0.3 is 7.12 Å². The normalized spacial score (nSPS) is 25.8. The molecule has 1 saturated heterocycles.